The summed E-state index contributed by atoms with van der Waals surface area (Å²) in [6, 6.07) is -0.801. The van der Waals surface area contributed by atoms with Crippen molar-refractivity contribution in [2.45, 2.75) is 57.9 Å². The van der Waals surface area contributed by atoms with Gasteiger partial charge in [0.2, 0.25) is 5.91 Å². The molecule has 0 aliphatic heterocycles. The van der Waals surface area contributed by atoms with Gasteiger partial charge >= 0.3 is 5.97 Å². The summed E-state index contributed by atoms with van der Waals surface area (Å²) < 4.78 is 11.0. The normalized spacial score (nSPS) is 25.8. The minimum absolute atomic E-state index is 0.175. The second kappa shape index (κ2) is 8.70. The first-order chi connectivity index (χ1) is 10.4. The summed E-state index contributed by atoms with van der Waals surface area (Å²) in [6.07, 6.45) is 3.82. The molecule has 0 heterocycles. The summed E-state index contributed by atoms with van der Waals surface area (Å²) in [7, 11) is 0. The lowest BCUT2D eigenvalue weighted by molar-refractivity contribution is -0.139. The fraction of sp³-hybridized carbons (Fsp3) is 0.625. The van der Waals surface area contributed by atoms with Gasteiger partial charge in [-0.25, -0.2) is 4.79 Å². The molecule has 3 N–H and O–H groups in total. The summed E-state index contributed by atoms with van der Waals surface area (Å²) in [5.74, 6) is -0.576. The Morgan fingerprint density at radius 2 is 2.23 bits per heavy atom. The van der Waals surface area contributed by atoms with Gasteiger partial charge in [0.05, 0.1) is 24.9 Å². The first-order valence-electron chi connectivity index (χ1n) is 7.61. The lowest BCUT2D eigenvalue weighted by Gasteiger charge is -2.36. The van der Waals surface area contributed by atoms with Crippen LogP contribution in [0, 0.1) is 0 Å². The zero-order valence-corrected chi connectivity index (χ0v) is 13.5. The third-order valence-electron chi connectivity index (χ3n) is 3.54. The molecule has 1 unspecified atom stereocenters. The predicted octanol–water partition coefficient (Wildman–Crippen LogP) is 1.06. The lowest BCUT2D eigenvalue weighted by Crippen LogP contribution is -2.57. The topological polar surface area (TPSA) is 90.7 Å². The first kappa shape index (κ1) is 18.4. The van der Waals surface area contributed by atoms with E-state index in [0.717, 1.165) is 6.42 Å². The maximum Gasteiger partial charge on any atom is 0.333 e. The quantitative estimate of drug-likeness (QED) is 0.542. The maximum absolute atomic E-state index is 11.9. The van der Waals surface area contributed by atoms with Crippen molar-refractivity contribution in [1.29, 1.82) is 0 Å². The van der Waals surface area contributed by atoms with Gasteiger partial charge < -0.3 is 20.5 Å². The zero-order valence-electron chi connectivity index (χ0n) is 13.5. The van der Waals surface area contributed by atoms with Gasteiger partial charge in [-0.1, -0.05) is 13.0 Å². The fourth-order valence-electron chi connectivity index (χ4n) is 2.44. The lowest BCUT2D eigenvalue weighted by atomic mass is 9.88. The Morgan fingerprint density at radius 1 is 1.55 bits per heavy atom. The molecule has 0 bridgehead atoms. The van der Waals surface area contributed by atoms with Crippen LogP contribution in [0.25, 0.3) is 0 Å². The van der Waals surface area contributed by atoms with Crippen LogP contribution in [0.15, 0.2) is 24.3 Å². The average molecular weight is 310 g/mol. The van der Waals surface area contributed by atoms with Gasteiger partial charge in [-0.15, -0.1) is 6.58 Å². The summed E-state index contributed by atoms with van der Waals surface area (Å²) >= 11 is 0. The van der Waals surface area contributed by atoms with E-state index in [2.05, 4.69) is 11.9 Å². The third kappa shape index (κ3) is 4.96. The molecule has 0 saturated heterocycles. The molecule has 1 aliphatic rings. The van der Waals surface area contributed by atoms with Gasteiger partial charge in [0.15, 0.2) is 0 Å². The number of ether oxygens (including phenoxy) is 2. The van der Waals surface area contributed by atoms with Crippen LogP contribution in [0.3, 0.4) is 0 Å². The van der Waals surface area contributed by atoms with Crippen molar-refractivity contribution >= 4 is 11.9 Å². The Kier molecular flexibility index (Phi) is 7.27. The average Bonchev–Trinajstić information content (AvgIpc) is 2.47. The molecule has 1 amide bonds. The second-order valence-electron chi connectivity index (χ2n) is 5.29. The van der Waals surface area contributed by atoms with Crippen molar-refractivity contribution in [1.82, 2.24) is 5.32 Å². The van der Waals surface area contributed by atoms with E-state index in [1.54, 1.807) is 19.1 Å². The van der Waals surface area contributed by atoms with Crippen LogP contribution < -0.4 is 11.1 Å². The van der Waals surface area contributed by atoms with E-state index in [1.807, 2.05) is 6.92 Å². The minimum atomic E-state index is -0.491. The van der Waals surface area contributed by atoms with Gasteiger partial charge in [-0.05, 0) is 25.8 Å². The number of amides is 1. The highest BCUT2D eigenvalue weighted by Gasteiger charge is 2.35. The summed E-state index contributed by atoms with van der Waals surface area (Å²) in [5, 5.41) is 2.81. The summed E-state index contributed by atoms with van der Waals surface area (Å²) in [6.45, 7) is 9.18. The van der Waals surface area contributed by atoms with Crippen LogP contribution in [0.5, 0.6) is 0 Å². The molecule has 1 rings (SSSR count). The molecule has 22 heavy (non-hydrogen) atoms. The minimum Gasteiger partial charge on any atom is -0.463 e. The van der Waals surface area contributed by atoms with Crippen molar-refractivity contribution < 1.29 is 19.1 Å². The Morgan fingerprint density at radius 3 is 2.73 bits per heavy atom. The molecule has 0 aromatic carbocycles. The van der Waals surface area contributed by atoms with E-state index in [1.165, 1.54) is 6.92 Å². The van der Waals surface area contributed by atoms with Crippen LogP contribution >= 0.6 is 0 Å². The van der Waals surface area contributed by atoms with Crippen molar-refractivity contribution in [3.63, 3.8) is 0 Å². The number of esters is 1. The van der Waals surface area contributed by atoms with Crippen LogP contribution in [0.2, 0.25) is 0 Å². The number of carbonyl (C=O) groups excluding carboxylic acids is 2. The molecule has 0 spiro atoms. The smallest absolute Gasteiger partial charge is 0.333 e. The van der Waals surface area contributed by atoms with Crippen LogP contribution in [-0.2, 0) is 19.1 Å². The number of nitrogens with one attached hydrogen (secondary N) is 1. The van der Waals surface area contributed by atoms with E-state index in [4.69, 9.17) is 15.2 Å². The Bertz CT molecular complexity index is 447. The molecule has 0 saturated carbocycles. The standard InChI is InChI=1S/C16H26N2O4/c1-5-12(6-2)22-14-9-11(16(20)21-7-3)8-13(17)15(14)18-10(4)19/h5,9,12-15H,1,6-8,17H2,2-4H3,(H,18,19)/t12?,13-,14+,15+/m0/s1. The van der Waals surface area contributed by atoms with E-state index in [9.17, 15) is 9.59 Å². The number of hydrogen-bond donors (Lipinski definition) is 2. The number of hydrogen-bond acceptors (Lipinski definition) is 5. The molecule has 6 nitrogen and oxygen atoms in total. The van der Waals surface area contributed by atoms with Crippen LogP contribution in [0.1, 0.15) is 33.6 Å². The van der Waals surface area contributed by atoms with E-state index < -0.39 is 12.1 Å². The van der Waals surface area contributed by atoms with Crippen molar-refractivity contribution in [3.05, 3.63) is 24.3 Å². The molecule has 124 valence electrons. The Balaban J connectivity index is 3.01. The zero-order chi connectivity index (χ0) is 16.7. The van der Waals surface area contributed by atoms with Crippen molar-refractivity contribution in [3.8, 4) is 0 Å². The SMILES string of the molecule is C=CC(CC)O[C@@H]1C=C(C(=O)OCC)C[C@H](N)[C@H]1NC(C)=O. The van der Waals surface area contributed by atoms with Crippen LogP contribution in [0.4, 0.5) is 0 Å². The molecule has 0 fully saturated rings. The summed E-state index contributed by atoms with van der Waals surface area (Å²) in [4.78, 5) is 23.3. The molecule has 0 aromatic rings. The van der Waals surface area contributed by atoms with Gasteiger partial charge in [0, 0.05) is 18.5 Å². The largest absolute Gasteiger partial charge is 0.463 e. The third-order valence-corrected chi connectivity index (χ3v) is 3.54. The highest BCUT2D eigenvalue weighted by Crippen LogP contribution is 2.23. The molecule has 4 atom stereocenters. The number of nitrogens with two attached hydrogens (primary N) is 1. The summed E-state index contributed by atoms with van der Waals surface area (Å²) in [5.41, 5.74) is 6.62. The van der Waals surface area contributed by atoms with Gasteiger partial charge in [0.25, 0.3) is 0 Å². The highest BCUT2D eigenvalue weighted by atomic mass is 16.5. The fourth-order valence-corrected chi connectivity index (χ4v) is 2.44. The Labute approximate surface area is 131 Å². The maximum atomic E-state index is 11.9. The molecular weight excluding hydrogens is 284 g/mol. The predicted molar refractivity (Wildman–Crippen MR) is 84.1 cm³/mol. The Hall–Kier alpha value is -1.66. The molecule has 0 aromatic heterocycles. The van der Waals surface area contributed by atoms with E-state index in [0.29, 0.717) is 18.6 Å². The molecule has 1 aliphatic carbocycles. The highest BCUT2D eigenvalue weighted by molar-refractivity contribution is 5.89. The van der Waals surface area contributed by atoms with E-state index >= 15 is 0 Å². The molecule has 0 radical (unpaired) electrons. The molecular formula is C16H26N2O4. The molecule has 6 heteroatoms. The van der Waals surface area contributed by atoms with Crippen molar-refractivity contribution in [2.75, 3.05) is 6.61 Å². The first-order valence-corrected chi connectivity index (χ1v) is 7.61. The van der Waals surface area contributed by atoms with Crippen LogP contribution in [-0.4, -0.2) is 42.8 Å². The van der Waals surface area contributed by atoms with Gasteiger partial charge in [-0.2, -0.15) is 0 Å². The van der Waals surface area contributed by atoms with Crippen molar-refractivity contribution in [2.24, 2.45) is 5.73 Å². The second-order valence-corrected chi connectivity index (χ2v) is 5.29. The van der Waals surface area contributed by atoms with Gasteiger partial charge in [0.1, 0.15) is 0 Å². The number of rotatable bonds is 7. The number of carbonyl (C=O) groups is 2. The van der Waals surface area contributed by atoms with E-state index in [-0.39, 0.29) is 24.0 Å². The monoisotopic (exact) mass is 310 g/mol. The van der Waals surface area contributed by atoms with Gasteiger partial charge in [-0.3, -0.25) is 4.79 Å².